The molecule has 0 aliphatic heterocycles. The largest absolute Gasteiger partial charge is 0.507 e. The summed E-state index contributed by atoms with van der Waals surface area (Å²) in [5.74, 6) is -0.563. The number of phenols is 1. The molecule has 0 radical (unpaired) electrons. The fourth-order valence-electron chi connectivity index (χ4n) is 1.03. The van der Waals surface area contributed by atoms with Crippen molar-refractivity contribution in [2.75, 3.05) is 6.61 Å². The van der Waals surface area contributed by atoms with Gasteiger partial charge < -0.3 is 9.84 Å². The number of hydrogen-bond donors (Lipinski definition) is 1. The third-order valence-corrected chi connectivity index (χ3v) is 2.57. The lowest BCUT2D eigenvalue weighted by molar-refractivity contribution is 0.0526. The molecule has 1 aromatic rings. The van der Waals surface area contributed by atoms with Crippen molar-refractivity contribution in [2.24, 2.45) is 0 Å². The van der Waals surface area contributed by atoms with E-state index in [-0.39, 0.29) is 23.5 Å². The number of rotatable bonds is 2. The summed E-state index contributed by atoms with van der Waals surface area (Å²) < 4.78 is 5.30. The number of esters is 1. The van der Waals surface area contributed by atoms with E-state index in [0.29, 0.717) is 3.57 Å². The van der Waals surface area contributed by atoms with Gasteiger partial charge in [-0.2, -0.15) is 5.26 Å². The predicted octanol–water partition coefficient (Wildman–Crippen LogP) is 2.05. The predicted molar refractivity (Wildman–Crippen MR) is 61.5 cm³/mol. The van der Waals surface area contributed by atoms with Gasteiger partial charge in [0.25, 0.3) is 0 Å². The lowest BCUT2D eigenvalue weighted by atomic mass is 10.1. The first-order valence-electron chi connectivity index (χ1n) is 4.19. The van der Waals surface area contributed by atoms with Crippen LogP contribution in [0.2, 0.25) is 0 Å². The van der Waals surface area contributed by atoms with Crippen molar-refractivity contribution in [1.82, 2.24) is 0 Å². The summed E-state index contributed by atoms with van der Waals surface area (Å²) in [7, 11) is 0. The molecule has 1 N–H and O–H groups in total. The highest BCUT2D eigenvalue weighted by Gasteiger charge is 2.15. The van der Waals surface area contributed by atoms with Crippen LogP contribution < -0.4 is 0 Å². The van der Waals surface area contributed by atoms with Gasteiger partial charge in [0, 0.05) is 0 Å². The van der Waals surface area contributed by atoms with Gasteiger partial charge in [-0.1, -0.05) is 0 Å². The molecule has 0 saturated heterocycles. The number of benzene rings is 1. The van der Waals surface area contributed by atoms with Gasteiger partial charge in [-0.15, -0.1) is 0 Å². The SMILES string of the molecule is CCOC(=O)c1cc(I)c(O)cc1C#N. The van der Waals surface area contributed by atoms with Gasteiger partial charge in [0.05, 0.1) is 21.3 Å². The zero-order valence-corrected chi connectivity index (χ0v) is 10.1. The quantitative estimate of drug-likeness (QED) is 0.669. The van der Waals surface area contributed by atoms with E-state index in [1.807, 2.05) is 28.7 Å². The number of nitrogens with zero attached hydrogens (tertiary/aromatic N) is 1. The van der Waals surface area contributed by atoms with Crippen molar-refractivity contribution >= 4 is 28.6 Å². The highest BCUT2D eigenvalue weighted by molar-refractivity contribution is 14.1. The lowest BCUT2D eigenvalue weighted by Gasteiger charge is -2.05. The molecule has 5 heteroatoms. The van der Waals surface area contributed by atoms with E-state index in [9.17, 15) is 9.90 Å². The first kappa shape index (κ1) is 11.8. The minimum atomic E-state index is -0.549. The topological polar surface area (TPSA) is 70.3 Å². The van der Waals surface area contributed by atoms with Gasteiger partial charge in [-0.05, 0) is 41.6 Å². The van der Waals surface area contributed by atoms with Crippen LogP contribution in [0.15, 0.2) is 12.1 Å². The van der Waals surface area contributed by atoms with Crippen molar-refractivity contribution in [3.8, 4) is 11.8 Å². The lowest BCUT2D eigenvalue weighted by Crippen LogP contribution is -2.07. The Balaban J connectivity index is 3.23. The molecule has 0 aliphatic carbocycles. The Bertz CT molecular complexity index is 437. The second-order valence-corrected chi connectivity index (χ2v) is 3.84. The summed E-state index contributed by atoms with van der Waals surface area (Å²) in [6.45, 7) is 1.94. The van der Waals surface area contributed by atoms with E-state index in [0.717, 1.165) is 0 Å². The summed E-state index contributed by atoms with van der Waals surface area (Å²) >= 11 is 1.88. The fourth-order valence-corrected chi connectivity index (χ4v) is 1.50. The summed E-state index contributed by atoms with van der Waals surface area (Å²) in [5, 5.41) is 18.1. The van der Waals surface area contributed by atoms with Crippen LogP contribution in [-0.4, -0.2) is 17.7 Å². The Morgan fingerprint density at radius 2 is 2.33 bits per heavy atom. The number of nitriles is 1. The monoisotopic (exact) mass is 317 g/mol. The van der Waals surface area contributed by atoms with E-state index in [1.165, 1.54) is 12.1 Å². The van der Waals surface area contributed by atoms with Crippen molar-refractivity contribution in [1.29, 1.82) is 5.26 Å². The molecule has 0 aromatic heterocycles. The highest BCUT2D eigenvalue weighted by atomic mass is 127. The van der Waals surface area contributed by atoms with Crippen molar-refractivity contribution < 1.29 is 14.6 Å². The highest BCUT2D eigenvalue weighted by Crippen LogP contribution is 2.24. The average Bonchev–Trinajstić information content (AvgIpc) is 2.21. The standard InChI is InChI=1S/C10H8INO3/c1-2-15-10(14)7-4-8(11)9(13)3-6(7)5-12/h3-4,13H,2H2,1H3. The fraction of sp³-hybridized carbons (Fsp3) is 0.200. The maximum absolute atomic E-state index is 11.4. The van der Waals surface area contributed by atoms with Crippen LogP contribution in [0.1, 0.15) is 22.8 Å². The van der Waals surface area contributed by atoms with E-state index in [2.05, 4.69) is 0 Å². The molecule has 0 fully saturated rings. The molecule has 0 amide bonds. The molecule has 0 heterocycles. The van der Waals surface area contributed by atoms with Crippen LogP contribution in [0.3, 0.4) is 0 Å². The second kappa shape index (κ2) is 4.98. The van der Waals surface area contributed by atoms with Gasteiger partial charge in [-0.25, -0.2) is 4.79 Å². The van der Waals surface area contributed by atoms with E-state index in [4.69, 9.17) is 10.00 Å². The van der Waals surface area contributed by atoms with Crippen LogP contribution in [0.4, 0.5) is 0 Å². The molecule has 0 spiro atoms. The molecule has 15 heavy (non-hydrogen) atoms. The second-order valence-electron chi connectivity index (χ2n) is 2.68. The molecule has 1 rings (SSSR count). The number of carbonyl (C=O) groups is 1. The molecule has 0 bridgehead atoms. The normalized spacial score (nSPS) is 9.40. The molecular weight excluding hydrogens is 309 g/mol. The van der Waals surface area contributed by atoms with Gasteiger partial charge in [-0.3, -0.25) is 0 Å². The van der Waals surface area contributed by atoms with Crippen LogP contribution in [0.5, 0.6) is 5.75 Å². The zero-order valence-electron chi connectivity index (χ0n) is 7.95. The molecule has 0 unspecified atom stereocenters. The number of phenolic OH excluding ortho intramolecular Hbond substituents is 1. The number of halogens is 1. The molecule has 4 nitrogen and oxygen atoms in total. The molecule has 0 atom stereocenters. The van der Waals surface area contributed by atoms with Crippen molar-refractivity contribution in [2.45, 2.75) is 6.92 Å². The summed E-state index contributed by atoms with van der Waals surface area (Å²) in [6.07, 6.45) is 0. The number of hydrogen-bond acceptors (Lipinski definition) is 4. The first-order valence-corrected chi connectivity index (χ1v) is 5.27. The summed E-state index contributed by atoms with van der Waals surface area (Å²) in [6, 6.07) is 4.53. The minimum Gasteiger partial charge on any atom is -0.507 e. The molecule has 0 aliphatic rings. The summed E-state index contributed by atoms with van der Waals surface area (Å²) in [5.41, 5.74) is 0.299. The van der Waals surface area contributed by atoms with Crippen molar-refractivity contribution in [3.05, 3.63) is 26.8 Å². The van der Waals surface area contributed by atoms with Gasteiger partial charge >= 0.3 is 5.97 Å². The smallest absolute Gasteiger partial charge is 0.339 e. The Hall–Kier alpha value is -1.29. The van der Waals surface area contributed by atoms with Crippen molar-refractivity contribution in [3.63, 3.8) is 0 Å². The molecule has 0 saturated carbocycles. The Morgan fingerprint density at radius 3 is 2.87 bits per heavy atom. The number of aromatic hydroxyl groups is 1. The van der Waals surface area contributed by atoms with Gasteiger partial charge in [0.2, 0.25) is 0 Å². The zero-order chi connectivity index (χ0) is 11.4. The maximum atomic E-state index is 11.4. The van der Waals surface area contributed by atoms with Crippen LogP contribution >= 0.6 is 22.6 Å². The number of carbonyl (C=O) groups excluding carboxylic acids is 1. The van der Waals surface area contributed by atoms with Crippen LogP contribution in [-0.2, 0) is 4.74 Å². The molecule has 1 aromatic carbocycles. The van der Waals surface area contributed by atoms with Gasteiger partial charge in [0.15, 0.2) is 0 Å². The van der Waals surface area contributed by atoms with E-state index >= 15 is 0 Å². The minimum absolute atomic E-state index is 0.0137. The number of ether oxygens (including phenoxy) is 1. The Morgan fingerprint density at radius 1 is 1.67 bits per heavy atom. The molecular formula is C10H8INO3. The summed E-state index contributed by atoms with van der Waals surface area (Å²) in [4.78, 5) is 11.4. The Labute approximate surface area is 101 Å². The third-order valence-electron chi connectivity index (χ3n) is 1.70. The Kier molecular flexibility index (Phi) is 3.91. The molecule has 78 valence electrons. The first-order chi connectivity index (χ1) is 7.10. The van der Waals surface area contributed by atoms with Crippen LogP contribution in [0.25, 0.3) is 0 Å². The maximum Gasteiger partial charge on any atom is 0.339 e. The third kappa shape index (κ3) is 2.59. The van der Waals surface area contributed by atoms with Crippen LogP contribution in [0, 0.1) is 14.9 Å². The van der Waals surface area contributed by atoms with E-state index < -0.39 is 5.97 Å². The van der Waals surface area contributed by atoms with E-state index in [1.54, 1.807) is 6.92 Å². The van der Waals surface area contributed by atoms with Gasteiger partial charge in [0.1, 0.15) is 11.8 Å². The average molecular weight is 317 g/mol.